The molecule has 7 nitrogen and oxygen atoms in total. The summed E-state index contributed by atoms with van der Waals surface area (Å²) in [5.41, 5.74) is 1.68. The van der Waals surface area contributed by atoms with E-state index in [9.17, 15) is 14.0 Å². The number of nitrogens with one attached hydrogen (secondary N) is 4. The number of hydrogen-bond acceptors (Lipinski definition) is 4. The molecule has 2 heterocycles. The number of aromatic amines is 1. The first kappa shape index (κ1) is 21.7. The van der Waals surface area contributed by atoms with Gasteiger partial charge in [0.1, 0.15) is 22.7 Å². The third kappa shape index (κ3) is 5.77. The topological polar surface area (TPSA) is 98.9 Å². The van der Waals surface area contributed by atoms with E-state index in [0.29, 0.717) is 29.5 Å². The summed E-state index contributed by atoms with van der Waals surface area (Å²) in [6, 6.07) is 8.31. The van der Waals surface area contributed by atoms with E-state index in [0.717, 1.165) is 17.5 Å². The summed E-state index contributed by atoms with van der Waals surface area (Å²) in [7, 11) is 0. The number of carbonyl (C=O) groups excluding carboxylic acids is 2. The molecule has 0 radical (unpaired) electrons. The maximum atomic E-state index is 13.2. The first-order valence-electron chi connectivity index (χ1n) is 9.64. The summed E-state index contributed by atoms with van der Waals surface area (Å²) in [5, 5.41) is 9.76. The lowest BCUT2D eigenvalue weighted by molar-refractivity contribution is -0.122. The fraction of sp³-hybridized carbons (Fsp3) is 0.286. The van der Waals surface area contributed by atoms with Crippen LogP contribution in [0.4, 0.5) is 4.39 Å². The second-order valence-corrected chi connectivity index (χ2v) is 7.17. The first-order valence-corrected chi connectivity index (χ1v) is 10.0. The fourth-order valence-corrected chi connectivity index (χ4v) is 3.17. The number of amides is 2. The first-order chi connectivity index (χ1) is 14.5. The van der Waals surface area contributed by atoms with Crippen LogP contribution >= 0.6 is 11.6 Å². The summed E-state index contributed by atoms with van der Waals surface area (Å²) >= 11 is 5.90. The van der Waals surface area contributed by atoms with Gasteiger partial charge in [-0.05, 0) is 36.4 Å². The Morgan fingerprint density at radius 2 is 1.97 bits per heavy atom. The van der Waals surface area contributed by atoms with Crippen molar-refractivity contribution < 1.29 is 14.0 Å². The number of rotatable bonds is 9. The molecule has 0 aliphatic heterocycles. The van der Waals surface area contributed by atoms with Crippen LogP contribution in [0.15, 0.2) is 42.6 Å². The smallest absolute Gasteiger partial charge is 0.268 e. The van der Waals surface area contributed by atoms with Crippen LogP contribution < -0.4 is 16.0 Å². The number of hydrogen-bond donors (Lipinski definition) is 4. The average Bonchev–Trinajstić information content (AvgIpc) is 3.15. The van der Waals surface area contributed by atoms with Crippen molar-refractivity contribution in [2.24, 2.45) is 0 Å². The Labute approximate surface area is 178 Å². The number of benzene rings is 1. The van der Waals surface area contributed by atoms with Crippen LogP contribution in [0.25, 0.3) is 10.9 Å². The minimum absolute atomic E-state index is 0.229. The van der Waals surface area contributed by atoms with Crippen molar-refractivity contribution in [1.29, 1.82) is 0 Å². The molecule has 3 rings (SSSR count). The van der Waals surface area contributed by atoms with Crippen molar-refractivity contribution in [2.75, 3.05) is 19.6 Å². The van der Waals surface area contributed by atoms with Gasteiger partial charge in [-0.25, -0.2) is 9.37 Å². The van der Waals surface area contributed by atoms with Gasteiger partial charge >= 0.3 is 0 Å². The van der Waals surface area contributed by atoms with E-state index in [2.05, 4.69) is 25.9 Å². The largest absolute Gasteiger partial charge is 0.353 e. The van der Waals surface area contributed by atoms with Crippen LogP contribution in [-0.4, -0.2) is 47.5 Å². The number of likely N-dealkylation sites (N-methyl/N-ethyl adjacent to an activating group) is 1. The van der Waals surface area contributed by atoms with Crippen LogP contribution in [0.3, 0.4) is 0 Å². The molecule has 158 valence electrons. The summed E-state index contributed by atoms with van der Waals surface area (Å²) < 4.78 is 13.2. The monoisotopic (exact) mass is 431 g/mol. The highest BCUT2D eigenvalue weighted by Gasteiger charge is 2.22. The van der Waals surface area contributed by atoms with Gasteiger partial charge in [0.25, 0.3) is 5.91 Å². The molecule has 3 aromatic rings. The number of carbonyl (C=O) groups is 2. The molecule has 2 aromatic heterocycles. The maximum Gasteiger partial charge on any atom is 0.268 e. The molecular formula is C21H23ClFN5O2. The Kier molecular flexibility index (Phi) is 7.37. The highest BCUT2D eigenvalue weighted by atomic mass is 35.5. The number of aromatic nitrogens is 2. The van der Waals surface area contributed by atoms with Crippen LogP contribution in [0.1, 0.15) is 23.0 Å². The molecule has 0 saturated carbocycles. The van der Waals surface area contributed by atoms with E-state index >= 15 is 0 Å². The molecule has 9 heteroatoms. The SMILES string of the molecule is CCNCCNC(=O)[C@H](Cc1ccc(F)cc1)NC(=O)c1cc2cc(Cl)ncc2[nH]1. The summed E-state index contributed by atoms with van der Waals surface area (Å²) in [6.07, 6.45) is 1.77. The Bertz CT molecular complexity index is 1020. The molecule has 0 bridgehead atoms. The van der Waals surface area contributed by atoms with E-state index in [4.69, 9.17) is 11.6 Å². The number of nitrogens with zero attached hydrogens (tertiary/aromatic N) is 1. The quantitative estimate of drug-likeness (QED) is 0.309. The zero-order valence-corrected chi connectivity index (χ0v) is 17.2. The molecular weight excluding hydrogens is 409 g/mol. The summed E-state index contributed by atoms with van der Waals surface area (Å²) in [5.74, 6) is -1.11. The molecule has 0 saturated heterocycles. The Balaban J connectivity index is 1.74. The molecule has 0 aliphatic rings. The highest BCUT2D eigenvalue weighted by Crippen LogP contribution is 2.18. The Morgan fingerprint density at radius 1 is 1.20 bits per heavy atom. The lowest BCUT2D eigenvalue weighted by Crippen LogP contribution is -2.49. The van der Waals surface area contributed by atoms with Gasteiger partial charge < -0.3 is 20.9 Å². The van der Waals surface area contributed by atoms with E-state index in [1.165, 1.54) is 18.3 Å². The minimum Gasteiger partial charge on any atom is -0.353 e. The highest BCUT2D eigenvalue weighted by molar-refractivity contribution is 6.30. The molecule has 0 fully saturated rings. The molecule has 30 heavy (non-hydrogen) atoms. The van der Waals surface area contributed by atoms with Gasteiger partial charge in [-0.3, -0.25) is 9.59 Å². The van der Waals surface area contributed by atoms with Gasteiger partial charge in [0.2, 0.25) is 5.91 Å². The Morgan fingerprint density at radius 3 is 2.70 bits per heavy atom. The lowest BCUT2D eigenvalue weighted by atomic mass is 10.0. The molecule has 1 atom stereocenters. The van der Waals surface area contributed by atoms with Crippen molar-refractivity contribution in [2.45, 2.75) is 19.4 Å². The number of H-pyrrole nitrogens is 1. The summed E-state index contributed by atoms with van der Waals surface area (Å²) in [6.45, 7) is 3.82. The van der Waals surface area contributed by atoms with Gasteiger partial charge in [0.05, 0.1) is 11.7 Å². The van der Waals surface area contributed by atoms with Crippen molar-refractivity contribution in [3.63, 3.8) is 0 Å². The predicted octanol–water partition coefficient (Wildman–Crippen LogP) is 2.42. The van der Waals surface area contributed by atoms with Crippen LogP contribution in [0.5, 0.6) is 0 Å². The zero-order chi connectivity index (χ0) is 21.5. The van der Waals surface area contributed by atoms with Crippen LogP contribution in [0, 0.1) is 5.82 Å². The minimum atomic E-state index is -0.822. The van der Waals surface area contributed by atoms with Crippen LogP contribution in [-0.2, 0) is 11.2 Å². The molecule has 0 aliphatic carbocycles. The predicted molar refractivity (Wildman–Crippen MR) is 114 cm³/mol. The van der Waals surface area contributed by atoms with E-state index in [-0.39, 0.29) is 18.1 Å². The zero-order valence-electron chi connectivity index (χ0n) is 16.5. The van der Waals surface area contributed by atoms with E-state index in [1.54, 1.807) is 24.3 Å². The van der Waals surface area contributed by atoms with Crippen LogP contribution in [0.2, 0.25) is 5.15 Å². The second kappa shape index (κ2) is 10.2. The third-order valence-electron chi connectivity index (χ3n) is 4.54. The van der Waals surface area contributed by atoms with Crippen molar-refractivity contribution in [3.8, 4) is 0 Å². The van der Waals surface area contributed by atoms with Crippen molar-refractivity contribution >= 4 is 34.3 Å². The maximum absolute atomic E-state index is 13.2. The Hall–Kier alpha value is -2.97. The van der Waals surface area contributed by atoms with Gasteiger partial charge in [-0.1, -0.05) is 30.7 Å². The van der Waals surface area contributed by atoms with E-state index in [1.807, 2.05) is 6.92 Å². The number of halogens is 2. The fourth-order valence-electron chi connectivity index (χ4n) is 3.00. The molecule has 4 N–H and O–H groups in total. The summed E-state index contributed by atoms with van der Waals surface area (Å²) in [4.78, 5) is 32.4. The standard InChI is InChI=1S/C21H23ClFN5O2/c1-2-24-7-8-25-20(29)16(9-13-3-5-15(23)6-4-13)28-21(30)17-10-14-11-19(22)26-12-18(14)27-17/h3-6,10-12,16,24,27H,2,7-9H2,1H3,(H,25,29)(H,28,30)/t16-/m0/s1. The normalized spacial score (nSPS) is 12.0. The van der Waals surface area contributed by atoms with Crippen molar-refractivity contribution in [1.82, 2.24) is 25.9 Å². The van der Waals surface area contributed by atoms with Crippen molar-refractivity contribution in [3.05, 3.63) is 64.8 Å². The van der Waals surface area contributed by atoms with Gasteiger partial charge in [-0.2, -0.15) is 0 Å². The van der Waals surface area contributed by atoms with Gasteiger partial charge in [-0.15, -0.1) is 0 Å². The third-order valence-corrected chi connectivity index (χ3v) is 4.75. The number of fused-ring (bicyclic) bond motifs is 1. The molecule has 0 unspecified atom stereocenters. The molecule has 0 spiro atoms. The van der Waals surface area contributed by atoms with Gasteiger partial charge in [0.15, 0.2) is 0 Å². The second-order valence-electron chi connectivity index (χ2n) is 6.78. The van der Waals surface area contributed by atoms with Gasteiger partial charge in [0, 0.05) is 24.9 Å². The molecule has 2 amide bonds. The average molecular weight is 432 g/mol. The van der Waals surface area contributed by atoms with E-state index < -0.39 is 11.9 Å². The number of pyridine rings is 1. The lowest BCUT2D eigenvalue weighted by Gasteiger charge is -2.18. The molecule has 1 aromatic carbocycles.